The number of aryl methyl sites for hydroxylation is 1. The molecule has 0 saturated carbocycles. The number of fused-ring (bicyclic) bond motifs is 1. The molecule has 0 aliphatic carbocycles. The zero-order chi connectivity index (χ0) is 12.4. The number of nitrogens with two attached hydrogens (primary N) is 1. The molecule has 0 spiro atoms. The summed E-state index contributed by atoms with van der Waals surface area (Å²) in [6, 6.07) is 7.20. The highest BCUT2D eigenvalue weighted by Crippen LogP contribution is 2.24. The van der Waals surface area contributed by atoms with E-state index in [1.807, 2.05) is 31.2 Å². The molecule has 0 unspecified atom stereocenters. The maximum Gasteiger partial charge on any atom is 0.250 e. The van der Waals surface area contributed by atoms with Crippen molar-refractivity contribution in [3.8, 4) is 0 Å². The second-order valence-corrected chi connectivity index (χ2v) is 3.97. The van der Waals surface area contributed by atoms with Crippen LogP contribution in [0.4, 0.5) is 5.69 Å². The van der Waals surface area contributed by atoms with Gasteiger partial charge >= 0.3 is 0 Å². The lowest BCUT2D eigenvalue weighted by Gasteiger charge is -2.12. The van der Waals surface area contributed by atoms with Crippen LogP contribution in [0.3, 0.4) is 0 Å². The lowest BCUT2D eigenvalue weighted by Crippen LogP contribution is -2.18. The summed E-state index contributed by atoms with van der Waals surface area (Å²) in [5, 5.41) is 1.03. The molecule has 2 rings (SSSR count). The van der Waals surface area contributed by atoms with Gasteiger partial charge in [-0.3, -0.25) is 4.79 Å². The molecular formula is C14H16N2O. The third-order valence-electron chi connectivity index (χ3n) is 2.98. The number of rotatable bonds is 3. The molecule has 2 aromatic rings. The van der Waals surface area contributed by atoms with E-state index in [-0.39, 0.29) is 5.56 Å². The van der Waals surface area contributed by atoms with Crippen molar-refractivity contribution < 1.29 is 0 Å². The second-order valence-electron chi connectivity index (χ2n) is 3.97. The molecule has 3 nitrogen and oxygen atoms in total. The average Bonchev–Trinajstić information content (AvgIpc) is 2.33. The predicted octanol–water partition coefficient (Wildman–Crippen LogP) is 2.33. The number of allylic oxidation sites excluding steroid dienone is 1. The molecule has 0 aliphatic heterocycles. The molecular weight excluding hydrogens is 212 g/mol. The SMILES string of the molecule is C=CCc1c(N)ccc2c1ccc(=O)n2CC. The Morgan fingerprint density at radius 2 is 2.12 bits per heavy atom. The van der Waals surface area contributed by atoms with E-state index in [9.17, 15) is 4.79 Å². The molecule has 0 fully saturated rings. The van der Waals surface area contributed by atoms with E-state index < -0.39 is 0 Å². The second kappa shape index (κ2) is 4.45. The molecule has 3 heteroatoms. The highest BCUT2D eigenvalue weighted by Gasteiger charge is 2.07. The lowest BCUT2D eigenvalue weighted by molar-refractivity contribution is 0.759. The van der Waals surface area contributed by atoms with Gasteiger partial charge in [0.1, 0.15) is 0 Å². The quantitative estimate of drug-likeness (QED) is 0.647. The van der Waals surface area contributed by atoms with Crippen molar-refractivity contribution in [3.63, 3.8) is 0 Å². The molecule has 0 bridgehead atoms. The first-order valence-corrected chi connectivity index (χ1v) is 5.70. The largest absolute Gasteiger partial charge is 0.398 e. The van der Waals surface area contributed by atoms with Crippen LogP contribution >= 0.6 is 0 Å². The normalized spacial score (nSPS) is 10.6. The third kappa shape index (κ3) is 1.84. The maximum atomic E-state index is 11.7. The minimum absolute atomic E-state index is 0.0225. The summed E-state index contributed by atoms with van der Waals surface area (Å²) in [4.78, 5) is 11.7. The number of benzene rings is 1. The van der Waals surface area contributed by atoms with Gasteiger partial charge in [0.15, 0.2) is 0 Å². The number of hydrogen-bond acceptors (Lipinski definition) is 2. The van der Waals surface area contributed by atoms with Crippen molar-refractivity contribution in [3.05, 3.63) is 52.8 Å². The van der Waals surface area contributed by atoms with Crippen LogP contribution in [0.1, 0.15) is 12.5 Å². The van der Waals surface area contributed by atoms with Crippen LogP contribution in [0.5, 0.6) is 0 Å². The summed E-state index contributed by atoms with van der Waals surface area (Å²) in [5.74, 6) is 0. The number of anilines is 1. The summed E-state index contributed by atoms with van der Waals surface area (Å²) < 4.78 is 1.75. The molecule has 0 atom stereocenters. The van der Waals surface area contributed by atoms with Gasteiger partial charge in [-0.1, -0.05) is 6.08 Å². The molecule has 0 saturated heterocycles. The Kier molecular flexibility index (Phi) is 3.00. The van der Waals surface area contributed by atoms with E-state index in [1.54, 1.807) is 10.6 Å². The molecule has 0 radical (unpaired) electrons. The number of nitrogen functional groups attached to an aromatic ring is 1. The molecule has 1 heterocycles. The van der Waals surface area contributed by atoms with Crippen molar-refractivity contribution in [2.75, 3.05) is 5.73 Å². The first-order chi connectivity index (χ1) is 8.19. The first-order valence-electron chi connectivity index (χ1n) is 5.70. The highest BCUT2D eigenvalue weighted by atomic mass is 16.1. The Balaban J connectivity index is 2.87. The topological polar surface area (TPSA) is 48.0 Å². The van der Waals surface area contributed by atoms with Gasteiger partial charge in [0.2, 0.25) is 0 Å². The minimum Gasteiger partial charge on any atom is -0.398 e. The van der Waals surface area contributed by atoms with E-state index >= 15 is 0 Å². The van der Waals surface area contributed by atoms with Crippen LogP contribution in [-0.4, -0.2) is 4.57 Å². The lowest BCUT2D eigenvalue weighted by atomic mass is 10.0. The van der Waals surface area contributed by atoms with E-state index in [2.05, 4.69) is 6.58 Å². The van der Waals surface area contributed by atoms with Crippen LogP contribution in [0.25, 0.3) is 10.9 Å². The summed E-state index contributed by atoms with van der Waals surface area (Å²) in [6.07, 6.45) is 2.54. The zero-order valence-electron chi connectivity index (χ0n) is 9.94. The first kappa shape index (κ1) is 11.5. The number of nitrogens with zero attached hydrogens (tertiary/aromatic N) is 1. The van der Waals surface area contributed by atoms with Crippen LogP contribution in [0.15, 0.2) is 41.7 Å². The highest BCUT2D eigenvalue weighted by molar-refractivity contribution is 5.87. The Labute approximate surface area is 100 Å². The summed E-state index contributed by atoms with van der Waals surface area (Å²) in [5.41, 5.74) is 8.72. The fraction of sp³-hybridized carbons (Fsp3) is 0.214. The van der Waals surface area contributed by atoms with E-state index in [0.717, 1.165) is 22.2 Å². The molecule has 1 aromatic carbocycles. The molecule has 0 amide bonds. The van der Waals surface area contributed by atoms with Crippen LogP contribution in [0.2, 0.25) is 0 Å². The maximum absolute atomic E-state index is 11.7. The molecule has 1 aromatic heterocycles. The van der Waals surface area contributed by atoms with Gasteiger partial charge in [-0.2, -0.15) is 0 Å². The Morgan fingerprint density at radius 3 is 2.76 bits per heavy atom. The van der Waals surface area contributed by atoms with E-state index in [1.165, 1.54) is 0 Å². The van der Waals surface area contributed by atoms with Crippen LogP contribution in [-0.2, 0) is 13.0 Å². The van der Waals surface area contributed by atoms with Gasteiger partial charge in [-0.15, -0.1) is 6.58 Å². The van der Waals surface area contributed by atoms with Crippen molar-refractivity contribution in [1.82, 2.24) is 4.57 Å². The van der Waals surface area contributed by atoms with Crippen molar-refractivity contribution in [2.24, 2.45) is 0 Å². The summed E-state index contributed by atoms with van der Waals surface area (Å²) in [7, 11) is 0. The van der Waals surface area contributed by atoms with Crippen molar-refractivity contribution in [1.29, 1.82) is 0 Å². The molecule has 0 aliphatic rings. The number of pyridine rings is 1. The molecule has 88 valence electrons. The number of aromatic nitrogens is 1. The average molecular weight is 228 g/mol. The van der Waals surface area contributed by atoms with Gasteiger partial charge < -0.3 is 10.3 Å². The van der Waals surface area contributed by atoms with Crippen molar-refractivity contribution in [2.45, 2.75) is 19.9 Å². The van der Waals surface area contributed by atoms with Crippen LogP contribution < -0.4 is 11.3 Å². The minimum atomic E-state index is 0.0225. The predicted molar refractivity (Wildman–Crippen MR) is 72.2 cm³/mol. The van der Waals surface area contributed by atoms with Gasteiger partial charge in [0.25, 0.3) is 5.56 Å². The van der Waals surface area contributed by atoms with Gasteiger partial charge in [0.05, 0.1) is 5.52 Å². The van der Waals surface area contributed by atoms with Gasteiger partial charge in [0, 0.05) is 23.7 Å². The fourth-order valence-electron chi connectivity index (χ4n) is 2.15. The molecule has 17 heavy (non-hydrogen) atoms. The number of hydrogen-bond donors (Lipinski definition) is 1. The fourth-order valence-corrected chi connectivity index (χ4v) is 2.15. The van der Waals surface area contributed by atoms with Gasteiger partial charge in [-0.05, 0) is 37.1 Å². The standard InChI is InChI=1S/C14H16N2O/c1-3-5-10-11-6-9-14(17)16(4-2)13(11)8-7-12(10)15/h3,6-9H,1,4-5,15H2,2H3. The summed E-state index contributed by atoms with van der Waals surface area (Å²) >= 11 is 0. The third-order valence-corrected chi connectivity index (χ3v) is 2.98. The van der Waals surface area contributed by atoms with E-state index in [0.29, 0.717) is 13.0 Å². The Bertz CT molecular complexity index is 626. The zero-order valence-corrected chi connectivity index (χ0v) is 9.94. The Morgan fingerprint density at radius 1 is 1.35 bits per heavy atom. The molecule has 2 N–H and O–H groups in total. The van der Waals surface area contributed by atoms with Crippen molar-refractivity contribution >= 4 is 16.6 Å². The smallest absolute Gasteiger partial charge is 0.250 e. The van der Waals surface area contributed by atoms with Gasteiger partial charge in [-0.25, -0.2) is 0 Å². The monoisotopic (exact) mass is 228 g/mol. The van der Waals surface area contributed by atoms with E-state index in [4.69, 9.17) is 5.73 Å². The Hall–Kier alpha value is -2.03. The van der Waals surface area contributed by atoms with Crippen LogP contribution in [0, 0.1) is 0 Å². The summed E-state index contributed by atoms with van der Waals surface area (Å²) in [6.45, 7) is 6.36.